The standard InChI is InChI=1S/C24H41N5O4/c1-19-25-22-21(23(31)26-24(32)28(22)3)29(19)18-14-9-6-5-8-12-16-27(2)17-13-10-7-11-15-20(30)33-4/h5-18H2,1-4H3,(H,26,31,32). The van der Waals surface area contributed by atoms with Crippen LogP contribution in [0.4, 0.5) is 0 Å². The number of hydrogen-bond donors (Lipinski definition) is 1. The monoisotopic (exact) mass is 463 g/mol. The zero-order valence-electron chi connectivity index (χ0n) is 20.8. The van der Waals surface area contributed by atoms with Gasteiger partial charge in [-0.25, -0.2) is 9.78 Å². The summed E-state index contributed by atoms with van der Waals surface area (Å²) in [5, 5.41) is 0. The van der Waals surface area contributed by atoms with Crippen LogP contribution in [-0.4, -0.2) is 57.2 Å². The van der Waals surface area contributed by atoms with Crippen LogP contribution in [0.15, 0.2) is 9.59 Å². The number of nitrogens with one attached hydrogen (secondary N) is 1. The second kappa shape index (κ2) is 14.0. The maximum Gasteiger partial charge on any atom is 0.329 e. The first-order valence-electron chi connectivity index (χ1n) is 12.3. The van der Waals surface area contributed by atoms with Crippen molar-refractivity contribution in [1.82, 2.24) is 24.0 Å². The number of methoxy groups -OCH3 is 1. The Balaban J connectivity index is 1.54. The fourth-order valence-corrected chi connectivity index (χ4v) is 4.19. The molecule has 0 amide bonds. The molecule has 0 aliphatic rings. The average Bonchev–Trinajstić information content (AvgIpc) is 3.12. The topological polar surface area (TPSA) is 102 Å². The van der Waals surface area contributed by atoms with Crippen LogP contribution in [0.3, 0.4) is 0 Å². The van der Waals surface area contributed by atoms with Gasteiger partial charge in [-0.3, -0.25) is 19.1 Å². The number of aromatic nitrogens is 4. The number of unbranched alkanes of at least 4 members (excludes halogenated alkanes) is 8. The number of hydrogen-bond acceptors (Lipinski definition) is 6. The van der Waals surface area contributed by atoms with Crippen LogP contribution in [0.2, 0.25) is 0 Å². The Hall–Kier alpha value is -2.42. The molecule has 9 nitrogen and oxygen atoms in total. The largest absolute Gasteiger partial charge is 0.469 e. The fraction of sp³-hybridized carbons (Fsp3) is 0.750. The molecule has 2 rings (SSSR count). The molecule has 0 aliphatic carbocycles. The van der Waals surface area contributed by atoms with E-state index in [4.69, 9.17) is 0 Å². The highest BCUT2D eigenvalue weighted by molar-refractivity contribution is 5.70. The van der Waals surface area contributed by atoms with Crippen LogP contribution < -0.4 is 11.2 Å². The number of carbonyl (C=O) groups is 1. The van der Waals surface area contributed by atoms with Gasteiger partial charge in [-0.15, -0.1) is 0 Å². The molecule has 9 heteroatoms. The van der Waals surface area contributed by atoms with Crippen molar-refractivity contribution in [1.29, 1.82) is 0 Å². The van der Waals surface area contributed by atoms with E-state index < -0.39 is 5.69 Å². The zero-order valence-corrected chi connectivity index (χ0v) is 20.8. The van der Waals surface area contributed by atoms with Gasteiger partial charge in [-0.1, -0.05) is 38.5 Å². The number of imidazole rings is 1. The molecule has 0 saturated heterocycles. The Bertz CT molecular complexity index is 991. The first-order chi connectivity index (χ1) is 15.8. The molecule has 0 aliphatic heterocycles. The Morgan fingerprint density at radius 2 is 1.55 bits per heavy atom. The van der Waals surface area contributed by atoms with Gasteiger partial charge in [0.05, 0.1) is 7.11 Å². The second-order valence-electron chi connectivity index (χ2n) is 8.97. The van der Waals surface area contributed by atoms with Crippen molar-refractivity contribution in [2.24, 2.45) is 7.05 Å². The summed E-state index contributed by atoms with van der Waals surface area (Å²) >= 11 is 0. The molecular weight excluding hydrogens is 422 g/mol. The number of ether oxygens (including phenoxy) is 1. The predicted octanol–water partition coefficient (Wildman–Crippen LogP) is 3.13. The molecule has 2 aromatic heterocycles. The number of rotatable bonds is 16. The Labute approximate surface area is 196 Å². The summed E-state index contributed by atoms with van der Waals surface area (Å²) in [7, 11) is 5.25. The number of carbonyl (C=O) groups excluding carboxylic acids is 1. The van der Waals surface area contributed by atoms with E-state index in [1.807, 2.05) is 11.5 Å². The molecule has 0 aromatic carbocycles. The molecule has 0 spiro atoms. The summed E-state index contributed by atoms with van der Waals surface area (Å²) in [5.74, 6) is 0.656. The summed E-state index contributed by atoms with van der Waals surface area (Å²) in [6, 6.07) is 0. The summed E-state index contributed by atoms with van der Waals surface area (Å²) in [4.78, 5) is 44.3. The number of fused-ring (bicyclic) bond motifs is 1. The minimum absolute atomic E-state index is 0.110. The van der Waals surface area contributed by atoms with E-state index in [0.29, 0.717) is 17.6 Å². The molecule has 0 atom stereocenters. The van der Waals surface area contributed by atoms with E-state index in [1.54, 1.807) is 7.05 Å². The van der Waals surface area contributed by atoms with Crippen molar-refractivity contribution in [3.8, 4) is 0 Å². The molecule has 2 heterocycles. The van der Waals surface area contributed by atoms with Crippen LogP contribution in [0.1, 0.15) is 76.5 Å². The molecule has 0 saturated carbocycles. The molecule has 186 valence electrons. The Morgan fingerprint density at radius 1 is 0.970 bits per heavy atom. The molecule has 1 N–H and O–H groups in total. The summed E-state index contributed by atoms with van der Waals surface area (Å²) in [6.07, 6.45) is 11.8. The molecule has 0 fully saturated rings. The van der Waals surface area contributed by atoms with E-state index in [9.17, 15) is 14.4 Å². The van der Waals surface area contributed by atoms with Crippen LogP contribution in [0, 0.1) is 6.92 Å². The summed E-state index contributed by atoms with van der Waals surface area (Å²) in [5.41, 5.74) is 0.144. The summed E-state index contributed by atoms with van der Waals surface area (Å²) < 4.78 is 7.98. The van der Waals surface area contributed by atoms with Crippen LogP contribution in [0.5, 0.6) is 0 Å². The van der Waals surface area contributed by atoms with Gasteiger partial charge in [0, 0.05) is 20.0 Å². The molecule has 0 bridgehead atoms. The maximum absolute atomic E-state index is 12.2. The SMILES string of the molecule is COC(=O)CCCCCCN(C)CCCCCCCCn1c(C)nc2c1c(=O)[nH]c(=O)n2C. The lowest BCUT2D eigenvalue weighted by molar-refractivity contribution is -0.140. The van der Waals surface area contributed by atoms with Crippen LogP contribution in [-0.2, 0) is 23.1 Å². The van der Waals surface area contributed by atoms with Gasteiger partial charge in [-0.2, -0.15) is 0 Å². The maximum atomic E-state index is 12.2. The van der Waals surface area contributed by atoms with E-state index in [-0.39, 0.29) is 11.5 Å². The number of H-pyrrole nitrogens is 1. The lowest BCUT2D eigenvalue weighted by atomic mass is 10.1. The minimum Gasteiger partial charge on any atom is -0.469 e. The van der Waals surface area contributed by atoms with E-state index >= 15 is 0 Å². The zero-order chi connectivity index (χ0) is 24.2. The third kappa shape index (κ3) is 8.46. The fourth-order valence-electron chi connectivity index (χ4n) is 4.19. The lowest BCUT2D eigenvalue weighted by Crippen LogP contribution is -2.29. The predicted molar refractivity (Wildman–Crippen MR) is 131 cm³/mol. The van der Waals surface area contributed by atoms with Gasteiger partial charge in [0.15, 0.2) is 11.2 Å². The third-order valence-electron chi connectivity index (χ3n) is 6.27. The summed E-state index contributed by atoms with van der Waals surface area (Å²) in [6.45, 7) is 4.86. The van der Waals surface area contributed by atoms with Gasteiger partial charge in [0.25, 0.3) is 5.56 Å². The average molecular weight is 464 g/mol. The van der Waals surface area contributed by atoms with Gasteiger partial charge in [0.1, 0.15) is 5.82 Å². The number of esters is 1. The quantitative estimate of drug-likeness (QED) is 0.303. The smallest absolute Gasteiger partial charge is 0.329 e. The van der Waals surface area contributed by atoms with Gasteiger partial charge >= 0.3 is 11.7 Å². The number of aromatic amines is 1. The van der Waals surface area contributed by atoms with Crippen molar-refractivity contribution in [3.05, 3.63) is 26.7 Å². The molecular formula is C24H41N5O4. The highest BCUT2D eigenvalue weighted by Crippen LogP contribution is 2.13. The highest BCUT2D eigenvalue weighted by atomic mass is 16.5. The number of nitrogens with zero attached hydrogens (tertiary/aromatic N) is 4. The third-order valence-corrected chi connectivity index (χ3v) is 6.27. The molecule has 33 heavy (non-hydrogen) atoms. The van der Waals surface area contributed by atoms with Crippen molar-refractivity contribution in [3.63, 3.8) is 0 Å². The molecule has 0 radical (unpaired) electrons. The van der Waals surface area contributed by atoms with Gasteiger partial charge < -0.3 is 14.2 Å². The normalized spacial score (nSPS) is 11.5. The van der Waals surface area contributed by atoms with Crippen molar-refractivity contribution in [2.45, 2.75) is 84.1 Å². The molecule has 2 aromatic rings. The highest BCUT2D eigenvalue weighted by Gasteiger charge is 2.14. The van der Waals surface area contributed by atoms with Crippen molar-refractivity contribution >= 4 is 17.1 Å². The first-order valence-corrected chi connectivity index (χ1v) is 12.3. The Kier molecular flexibility index (Phi) is 11.4. The van der Waals surface area contributed by atoms with Gasteiger partial charge in [-0.05, 0) is 52.7 Å². The lowest BCUT2D eigenvalue weighted by Gasteiger charge is -2.16. The Morgan fingerprint density at radius 3 is 2.18 bits per heavy atom. The van der Waals surface area contributed by atoms with Crippen LogP contribution >= 0.6 is 0 Å². The van der Waals surface area contributed by atoms with E-state index in [1.165, 1.54) is 43.8 Å². The minimum atomic E-state index is -0.432. The number of aryl methyl sites for hydroxylation is 3. The second-order valence-corrected chi connectivity index (χ2v) is 8.97. The van der Waals surface area contributed by atoms with E-state index in [2.05, 4.69) is 26.7 Å². The van der Waals surface area contributed by atoms with Crippen LogP contribution in [0.25, 0.3) is 11.2 Å². The first kappa shape index (κ1) is 26.8. The van der Waals surface area contributed by atoms with Crippen molar-refractivity contribution in [2.75, 3.05) is 27.2 Å². The van der Waals surface area contributed by atoms with Gasteiger partial charge in [0.2, 0.25) is 0 Å². The van der Waals surface area contributed by atoms with E-state index in [0.717, 1.165) is 57.6 Å². The molecule has 0 unspecified atom stereocenters. The van der Waals surface area contributed by atoms with Crippen molar-refractivity contribution < 1.29 is 9.53 Å².